The Hall–Kier alpha value is -3.48. The lowest BCUT2D eigenvalue weighted by molar-refractivity contribution is -0.384. The molecule has 1 aliphatic rings. The molecular formula is C23H24N4O3. The van der Waals surface area contributed by atoms with Gasteiger partial charge in [-0.05, 0) is 43.9 Å². The highest BCUT2D eigenvalue weighted by Crippen LogP contribution is 2.26. The quantitative estimate of drug-likeness (QED) is 0.350. The van der Waals surface area contributed by atoms with Crippen LogP contribution in [0.1, 0.15) is 38.2 Å². The van der Waals surface area contributed by atoms with Crippen LogP contribution in [0.25, 0.3) is 22.9 Å². The van der Waals surface area contributed by atoms with Gasteiger partial charge in [0.2, 0.25) is 5.91 Å². The van der Waals surface area contributed by atoms with Gasteiger partial charge in [-0.3, -0.25) is 14.9 Å². The Bertz CT molecular complexity index is 1120. The van der Waals surface area contributed by atoms with Gasteiger partial charge in [-0.2, -0.15) is 5.10 Å². The van der Waals surface area contributed by atoms with E-state index in [9.17, 15) is 14.9 Å². The highest BCUT2D eigenvalue weighted by molar-refractivity contribution is 5.93. The van der Waals surface area contributed by atoms with Gasteiger partial charge in [0.1, 0.15) is 0 Å². The summed E-state index contributed by atoms with van der Waals surface area (Å²) >= 11 is 0. The molecule has 0 spiro atoms. The fraction of sp³-hybridized carbons (Fsp3) is 0.304. The lowest BCUT2D eigenvalue weighted by atomic mass is 10.00. The molecule has 0 aliphatic carbocycles. The summed E-state index contributed by atoms with van der Waals surface area (Å²) in [5.74, 6) is 0.0435. The number of non-ortho nitro benzene ring substituents is 1. The largest absolute Gasteiger partial charge is 0.336 e. The van der Waals surface area contributed by atoms with Crippen LogP contribution < -0.4 is 0 Å². The average molecular weight is 404 g/mol. The molecule has 3 aromatic rings. The van der Waals surface area contributed by atoms with Crippen LogP contribution in [-0.2, 0) is 4.79 Å². The minimum absolute atomic E-state index is 0.0299. The first kappa shape index (κ1) is 19.8. The number of pyridine rings is 1. The smallest absolute Gasteiger partial charge is 0.270 e. The Morgan fingerprint density at radius 2 is 2.13 bits per heavy atom. The summed E-state index contributed by atoms with van der Waals surface area (Å²) in [4.78, 5) is 25.4. The number of rotatable bonds is 5. The molecule has 7 heteroatoms. The van der Waals surface area contributed by atoms with Gasteiger partial charge in [0.15, 0.2) is 0 Å². The Balaban J connectivity index is 1.63. The predicted octanol–water partition coefficient (Wildman–Crippen LogP) is 4.71. The summed E-state index contributed by atoms with van der Waals surface area (Å²) in [6, 6.07) is 12.4. The summed E-state index contributed by atoms with van der Waals surface area (Å²) < 4.78 is 1.73. The van der Waals surface area contributed by atoms with Crippen molar-refractivity contribution in [2.24, 2.45) is 0 Å². The summed E-state index contributed by atoms with van der Waals surface area (Å²) in [6.07, 6.45) is 9.59. The fourth-order valence-electron chi connectivity index (χ4n) is 4.07. The number of piperidine rings is 1. The zero-order chi connectivity index (χ0) is 21.1. The second-order valence-electron chi connectivity index (χ2n) is 7.55. The molecule has 3 heterocycles. The van der Waals surface area contributed by atoms with Crippen molar-refractivity contribution in [3.05, 3.63) is 70.4 Å². The molecule has 0 bridgehead atoms. The van der Waals surface area contributed by atoms with Crippen LogP contribution in [0.5, 0.6) is 0 Å². The molecule has 2 aromatic heterocycles. The first-order chi connectivity index (χ1) is 14.6. The number of fused-ring (bicyclic) bond motifs is 1. The number of aromatic nitrogens is 2. The Morgan fingerprint density at radius 3 is 2.93 bits per heavy atom. The van der Waals surface area contributed by atoms with Gasteiger partial charge >= 0.3 is 0 Å². The summed E-state index contributed by atoms with van der Waals surface area (Å²) in [7, 11) is 0. The van der Waals surface area contributed by atoms with E-state index in [2.05, 4.69) is 12.0 Å². The number of carbonyl (C=O) groups excluding carboxylic acids is 1. The fourth-order valence-corrected chi connectivity index (χ4v) is 4.07. The normalized spacial score (nSPS) is 17.0. The van der Waals surface area contributed by atoms with Crippen molar-refractivity contribution < 1.29 is 9.72 Å². The van der Waals surface area contributed by atoms with E-state index in [4.69, 9.17) is 0 Å². The number of carbonyl (C=O) groups is 1. The van der Waals surface area contributed by atoms with Crippen LogP contribution in [-0.4, -0.2) is 37.9 Å². The summed E-state index contributed by atoms with van der Waals surface area (Å²) in [5, 5.41) is 15.6. The number of benzene rings is 1. The number of nitro benzene ring substituents is 1. The standard InChI is InChI=1S/C23H24N4O3/c1-2-19-9-3-4-13-25(19)23(28)12-11-17-8-6-14-26-22(17)16-21(24-26)18-7-5-10-20(15-18)27(29)30/h5-8,10-12,14-16,19H,2-4,9,13H2,1H3. The molecule has 1 unspecified atom stereocenters. The zero-order valence-electron chi connectivity index (χ0n) is 16.9. The van der Waals surface area contributed by atoms with Crippen LogP contribution in [0.3, 0.4) is 0 Å². The van der Waals surface area contributed by atoms with Gasteiger partial charge in [0.25, 0.3) is 5.69 Å². The van der Waals surface area contributed by atoms with E-state index in [1.807, 2.05) is 35.4 Å². The molecule has 1 amide bonds. The number of likely N-dealkylation sites (tertiary alicyclic amines) is 1. The molecular weight excluding hydrogens is 380 g/mol. The van der Waals surface area contributed by atoms with E-state index in [0.29, 0.717) is 17.3 Å². The lowest BCUT2D eigenvalue weighted by Gasteiger charge is -2.34. The molecule has 0 N–H and O–H groups in total. The third-order valence-electron chi connectivity index (χ3n) is 5.67. The van der Waals surface area contributed by atoms with Gasteiger partial charge in [0.05, 0.1) is 16.1 Å². The van der Waals surface area contributed by atoms with E-state index in [0.717, 1.165) is 36.9 Å². The molecule has 1 atom stereocenters. The second-order valence-corrected chi connectivity index (χ2v) is 7.55. The van der Waals surface area contributed by atoms with Crippen LogP contribution in [0.15, 0.2) is 54.7 Å². The first-order valence-corrected chi connectivity index (χ1v) is 10.3. The third kappa shape index (κ3) is 3.96. The minimum atomic E-state index is -0.413. The van der Waals surface area contributed by atoms with Crippen molar-refractivity contribution in [2.75, 3.05) is 6.54 Å². The van der Waals surface area contributed by atoms with Crippen molar-refractivity contribution >= 4 is 23.2 Å². The Labute approximate surface area is 174 Å². The lowest BCUT2D eigenvalue weighted by Crippen LogP contribution is -2.42. The van der Waals surface area contributed by atoms with Gasteiger partial charge in [-0.15, -0.1) is 0 Å². The van der Waals surface area contributed by atoms with E-state index in [-0.39, 0.29) is 11.6 Å². The van der Waals surface area contributed by atoms with Gasteiger partial charge in [0, 0.05) is 48.1 Å². The molecule has 30 heavy (non-hydrogen) atoms. The molecule has 1 fully saturated rings. The van der Waals surface area contributed by atoms with E-state index >= 15 is 0 Å². The first-order valence-electron chi connectivity index (χ1n) is 10.3. The number of nitrogens with zero attached hydrogens (tertiary/aromatic N) is 4. The van der Waals surface area contributed by atoms with Gasteiger partial charge in [-0.25, -0.2) is 4.52 Å². The van der Waals surface area contributed by atoms with E-state index < -0.39 is 4.92 Å². The molecule has 1 aromatic carbocycles. The Morgan fingerprint density at radius 1 is 1.27 bits per heavy atom. The van der Waals surface area contributed by atoms with Crippen molar-refractivity contribution in [2.45, 2.75) is 38.6 Å². The van der Waals surface area contributed by atoms with Crippen LogP contribution in [0.4, 0.5) is 5.69 Å². The number of amides is 1. The Kier molecular flexibility index (Phi) is 5.61. The molecule has 4 rings (SSSR count). The maximum atomic E-state index is 12.8. The summed E-state index contributed by atoms with van der Waals surface area (Å²) in [6.45, 7) is 2.94. The van der Waals surface area contributed by atoms with Gasteiger partial charge < -0.3 is 4.90 Å². The second kappa shape index (κ2) is 8.49. The monoisotopic (exact) mass is 404 g/mol. The molecule has 154 valence electrons. The third-order valence-corrected chi connectivity index (χ3v) is 5.67. The molecule has 1 aliphatic heterocycles. The maximum absolute atomic E-state index is 12.8. The van der Waals surface area contributed by atoms with Gasteiger partial charge in [-0.1, -0.05) is 25.1 Å². The number of hydrogen-bond donors (Lipinski definition) is 0. The van der Waals surface area contributed by atoms with Crippen LogP contribution in [0, 0.1) is 10.1 Å². The molecule has 0 saturated carbocycles. The molecule has 7 nitrogen and oxygen atoms in total. The van der Waals surface area contributed by atoms with Crippen LogP contribution in [0.2, 0.25) is 0 Å². The highest BCUT2D eigenvalue weighted by atomic mass is 16.6. The minimum Gasteiger partial charge on any atom is -0.336 e. The SMILES string of the molecule is CCC1CCCCN1C(=O)C=Cc1cccn2nc(-c3cccc([N+](=O)[O-])c3)cc12. The number of hydrogen-bond acceptors (Lipinski definition) is 4. The topological polar surface area (TPSA) is 80.8 Å². The van der Waals surface area contributed by atoms with Crippen molar-refractivity contribution in [1.29, 1.82) is 0 Å². The highest BCUT2D eigenvalue weighted by Gasteiger charge is 2.23. The van der Waals surface area contributed by atoms with E-state index in [1.165, 1.54) is 18.6 Å². The molecule has 1 saturated heterocycles. The maximum Gasteiger partial charge on any atom is 0.270 e. The van der Waals surface area contributed by atoms with Crippen molar-refractivity contribution in [3.63, 3.8) is 0 Å². The summed E-state index contributed by atoms with van der Waals surface area (Å²) in [5.41, 5.74) is 3.07. The number of nitro groups is 1. The van der Waals surface area contributed by atoms with E-state index in [1.54, 1.807) is 22.7 Å². The van der Waals surface area contributed by atoms with Crippen LogP contribution >= 0.6 is 0 Å². The average Bonchev–Trinajstić information content (AvgIpc) is 3.22. The predicted molar refractivity (Wildman–Crippen MR) is 116 cm³/mol. The molecule has 0 radical (unpaired) electrons. The van der Waals surface area contributed by atoms with Crippen molar-refractivity contribution in [3.8, 4) is 11.3 Å². The zero-order valence-corrected chi connectivity index (χ0v) is 16.9. The van der Waals surface area contributed by atoms with Crippen molar-refractivity contribution in [1.82, 2.24) is 14.5 Å².